The van der Waals surface area contributed by atoms with Crippen molar-refractivity contribution in [3.8, 4) is 11.5 Å². The molecule has 2 aromatic carbocycles. The zero-order chi connectivity index (χ0) is 17.0. The van der Waals surface area contributed by atoms with E-state index in [0.29, 0.717) is 5.56 Å². The minimum atomic E-state index is -0.372. The first kappa shape index (κ1) is 18.0. The van der Waals surface area contributed by atoms with E-state index in [-0.39, 0.29) is 15.4 Å². The summed E-state index contributed by atoms with van der Waals surface area (Å²) in [5, 5.41) is 0. The van der Waals surface area contributed by atoms with Crippen LogP contribution in [0.3, 0.4) is 0 Å². The molecule has 0 saturated heterocycles. The van der Waals surface area contributed by atoms with Gasteiger partial charge in [0.2, 0.25) is 0 Å². The second-order valence-electron chi connectivity index (χ2n) is 5.12. The second-order valence-corrected chi connectivity index (χ2v) is 7.09. The summed E-state index contributed by atoms with van der Waals surface area (Å²) in [7, 11) is 3.24. The summed E-state index contributed by atoms with van der Waals surface area (Å²) < 4.78 is 10.3. The molecule has 0 aliphatic rings. The van der Waals surface area contributed by atoms with Gasteiger partial charge in [0.15, 0.2) is 5.78 Å². The number of ether oxygens (including phenoxy) is 2. The Kier molecular flexibility index (Phi) is 6.25. The van der Waals surface area contributed by atoms with Crippen molar-refractivity contribution in [3.63, 3.8) is 0 Å². The van der Waals surface area contributed by atoms with Crippen molar-refractivity contribution in [1.29, 1.82) is 0 Å². The van der Waals surface area contributed by atoms with E-state index in [2.05, 4.69) is 31.9 Å². The van der Waals surface area contributed by atoms with Gasteiger partial charge in [0.05, 0.1) is 23.9 Å². The number of carbonyl (C=O) groups excluding carboxylic acids is 1. The predicted octanol–water partition coefficient (Wildman–Crippen LogP) is 5.09. The average Bonchev–Trinajstić information content (AvgIpc) is 2.59. The maximum absolute atomic E-state index is 12.7. The number of hydrogen-bond acceptors (Lipinski definition) is 3. The number of methoxy groups -OCH3 is 2. The van der Waals surface area contributed by atoms with E-state index < -0.39 is 0 Å². The van der Waals surface area contributed by atoms with Gasteiger partial charge < -0.3 is 9.47 Å². The van der Waals surface area contributed by atoms with Crippen LogP contribution in [0.4, 0.5) is 0 Å². The highest BCUT2D eigenvalue weighted by Crippen LogP contribution is 2.36. The Labute approximate surface area is 153 Å². The van der Waals surface area contributed by atoms with E-state index in [1.807, 2.05) is 25.1 Å². The molecule has 0 aliphatic carbocycles. The molecule has 0 spiro atoms. The Hall–Kier alpha value is -1.33. The fourth-order valence-electron chi connectivity index (χ4n) is 2.29. The Balaban J connectivity index is 2.20. The summed E-state index contributed by atoms with van der Waals surface area (Å²) >= 11 is 7.17. The van der Waals surface area contributed by atoms with Gasteiger partial charge in [-0.1, -0.05) is 37.9 Å². The molecule has 0 fully saturated rings. The Bertz CT molecular complexity index is 683. The van der Waals surface area contributed by atoms with Crippen molar-refractivity contribution < 1.29 is 14.3 Å². The fourth-order valence-corrected chi connectivity index (χ4v) is 3.59. The number of halogens is 2. The number of ketones is 1. The van der Waals surface area contributed by atoms with Gasteiger partial charge in [-0.15, -0.1) is 0 Å². The molecule has 2 aromatic rings. The lowest BCUT2D eigenvalue weighted by Gasteiger charge is -2.19. The van der Waals surface area contributed by atoms with Crippen LogP contribution in [0.1, 0.15) is 26.3 Å². The third-order valence-electron chi connectivity index (χ3n) is 3.66. The van der Waals surface area contributed by atoms with Crippen molar-refractivity contribution >= 4 is 37.6 Å². The summed E-state index contributed by atoms with van der Waals surface area (Å²) in [6.07, 6.45) is 0. The molecule has 0 aromatic heterocycles. The third kappa shape index (κ3) is 4.15. The van der Waals surface area contributed by atoms with Crippen LogP contribution in [0.2, 0.25) is 0 Å². The minimum Gasteiger partial charge on any atom is -0.497 e. The highest BCUT2D eigenvalue weighted by Gasteiger charge is 2.27. The summed E-state index contributed by atoms with van der Waals surface area (Å²) in [4.78, 5) is 12.1. The smallest absolute Gasteiger partial charge is 0.177 e. The van der Waals surface area contributed by atoms with E-state index >= 15 is 0 Å². The first-order valence-corrected chi connectivity index (χ1v) is 8.92. The number of Topliss-reactive ketones (excluding diaryl/α,β-unsaturated/α-hetero) is 1. The zero-order valence-electron chi connectivity index (χ0n) is 13.2. The minimum absolute atomic E-state index is 0.0183. The number of rotatable bonds is 6. The lowest BCUT2D eigenvalue weighted by Crippen LogP contribution is -2.19. The first-order valence-electron chi connectivity index (χ1n) is 7.09. The zero-order valence-corrected chi connectivity index (χ0v) is 16.3. The molecule has 0 saturated carbocycles. The summed E-state index contributed by atoms with van der Waals surface area (Å²) in [5.41, 5.74) is 2.76. The van der Waals surface area contributed by atoms with Crippen LogP contribution in [0.25, 0.3) is 0 Å². The SMILES string of the molecule is COc1ccc(C(=O)[C@H](Br)[C@H](Br)c2ccc(OC)cc2C)cc1. The fraction of sp³-hybridized carbons (Fsp3) is 0.278. The van der Waals surface area contributed by atoms with Crippen LogP contribution in [0, 0.1) is 6.92 Å². The van der Waals surface area contributed by atoms with E-state index in [9.17, 15) is 4.79 Å². The average molecular weight is 442 g/mol. The molecule has 5 heteroatoms. The maximum Gasteiger partial charge on any atom is 0.177 e. The van der Waals surface area contributed by atoms with Gasteiger partial charge in [0, 0.05) is 5.56 Å². The second kappa shape index (κ2) is 7.97. The molecule has 122 valence electrons. The van der Waals surface area contributed by atoms with Crippen molar-refractivity contribution in [3.05, 3.63) is 59.2 Å². The van der Waals surface area contributed by atoms with Crippen LogP contribution in [-0.4, -0.2) is 24.8 Å². The Morgan fingerprint density at radius 3 is 2.04 bits per heavy atom. The Morgan fingerprint density at radius 2 is 1.52 bits per heavy atom. The van der Waals surface area contributed by atoms with Gasteiger partial charge in [-0.25, -0.2) is 0 Å². The molecule has 0 unspecified atom stereocenters. The lowest BCUT2D eigenvalue weighted by molar-refractivity contribution is 0.0991. The monoisotopic (exact) mass is 440 g/mol. The molecular formula is C18H18Br2O3. The molecule has 0 aliphatic heterocycles. The predicted molar refractivity (Wildman–Crippen MR) is 99.4 cm³/mol. The van der Waals surface area contributed by atoms with Gasteiger partial charge in [-0.05, 0) is 54.4 Å². The molecule has 0 radical (unpaired) electrons. The molecule has 0 bridgehead atoms. The van der Waals surface area contributed by atoms with Gasteiger partial charge in [-0.2, -0.15) is 0 Å². The molecule has 23 heavy (non-hydrogen) atoms. The van der Waals surface area contributed by atoms with Crippen molar-refractivity contribution in [1.82, 2.24) is 0 Å². The number of aryl methyl sites for hydroxylation is 1. The lowest BCUT2D eigenvalue weighted by atomic mass is 9.99. The van der Waals surface area contributed by atoms with Crippen LogP contribution < -0.4 is 9.47 Å². The van der Waals surface area contributed by atoms with Gasteiger partial charge in [0.25, 0.3) is 0 Å². The number of benzene rings is 2. The van der Waals surface area contributed by atoms with E-state index in [1.54, 1.807) is 38.5 Å². The van der Waals surface area contributed by atoms with E-state index in [1.165, 1.54) is 0 Å². The van der Waals surface area contributed by atoms with Crippen molar-refractivity contribution in [2.45, 2.75) is 16.6 Å². The highest BCUT2D eigenvalue weighted by molar-refractivity contribution is 9.12. The molecule has 0 heterocycles. The van der Waals surface area contributed by atoms with Crippen LogP contribution in [0.5, 0.6) is 11.5 Å². The third-order valence-corrected chi connectivity index (χ3v) is 6.33. The van der Waals surface area contributed by atoms with Gasteiger partial charge in [-0.3, -0.25) is 4.79 Å². The van der Waals surface area contributed by atoms with Crippen LogP contribution in [0.15, 0.2) is 42.5 Å². The van der Waals surface area contributed by atoms with Crippen molar-refractivity contribution in [2.75, 3.05) is 14.2 Å². The number of carbonyl (C=O) groups is 1. The summed E-state index contributed by atoms with van der Waals surface area (Å²) in [6.45, 7) is 2.00. The summed E-state index contributed by atoms with van der Waals surface area (Å²) in [6, 6.07) is 13.0. The largest absolute Gasteiger partial charge is 0.497 e. The highest BCUT2D eigenvalue weighted by atomic mass is 79.9. The summed E-state index contributed by atoms with van der Waals surface area (Å²) in [5.74, 6) is 1.55. The first-order chi connectivity index (χ1) is 11.0. The van der Waals surface area contributed by atoms with E-state index in [0.717, 1.165) is 22.6 Å². The Morgan fingerprint density at radius 1 is 0.957 bits per heavy atom. The number of alkyl halides is 2. The maximum atomic E-state index is 12.7. The van der Waals surface area contributed by atoms with Crippen molar-refractivity contribution in [2.24, 2.45) is 0 Å². The van der Waals surface area contributed by atoms with Crippen LogP contribution >= 0.6 is 31.9 Å². The van der Waals surface area contributed by atoms with Gasteiger partial charge in [0.1, 0.15) is 11.5 Å². The molecule has 3 nitrogen and oxygen atoms in total. The molecule has 2 atom stereocenters. The molecule has 0 amide bonds. The topological polar surface area (TPSA) is 35.5 Å². The normalized spacial score (nSPS) is 13.3. The molecule has 2 rings (SSSR count). The van der Waals surface area contributed by atoms with Crippen LogP contribution in [-0.2, 0) is 0 Å². The molecule has 0 N–H and O–H groups in total. The quantitative estimate of drug-likeness (QED) is 0.462. The van der Waals surface area contributed by atoms with E-state index in [4.69, 9.17) is 9.47 Å². The van der Waals surface area contributed by atoms with Gasteiger partial charge >= 0.3 is 0 Å². The standard InChI is InChI=1S/C18H18Br2O3/c1-11-10-14(23-3)8-9-15(11)16(19)17(20)18(21)12-4-6-13(22-2)7-5-12/h4-10,16-17H,1-3H3/t16-,17-/m1/s1. The molecular weight excluding hydrogens is 424 g/mol. The number of hydrogen-bond donors (Lipinski definition) is 0.